The number of amides is 1. The molecule has 168 valence electrons. The van der Waals surface area contributed by atoms with Gasteiger partial charge in [0.25, 0.3) is 0 Å². The molecule has 31 heavy (non-hydrogen) atoms. The fourth-order valence-electron chi connectivity index (χ4n) is 3.49. The smallest absolute Gasteiger partial charge is 0.227 e. The summed E-state index contributed by atoms with van der Waals surface area (Å²) >= 11 is 6.09. The Morgan fingerprint density at radius 1 is 1.16 bits per heavy atom. The lowest BCUT2D eigenvalue weighted by Gasteiger charge is -2.30. The molecule has 1 aliphatic rings. The zero-order valence-corrected chi connectivity index (χ0v) is 18.8. The maximum absolute atomic E-state index is 13.8. The van der Waals surface area contributed by atoms with Crippen molar-refractivity contribution in [2.45, 2.75) is 18.6 Å². The molecule has 1 aliphatic heterocycles. The minimum atomic E-state index is -3.68. The fourth-order valence-corrected chi connectivity index (χ4v) is 5.30. The molecule has 2 aromatic rings. The van der Waals surface area contributed by atoms with Gasteiger partial charge < -0.3 is 14.8 Å². The first-order chi connectivity index (χ1) is 14.7. The van der Waals surface area contributed by atoms with Gasteiger partial charge in [0, 0.05) is 36.7 Å². The van der Waals surface area contributed by atoms with Crippen molar-refractivity contribution in [3.63, 3.8) is 0 Å². The molecule has 3 rings (SSSR count). The van der Waals surface area contributed by atoms with Crippen LogP contribution in [0.5, 0.6) is 11.5 Å². The summed E-state index contributed by atoms with van der Waals surface area (Å²) in [4.78, 5) is 12.8. The molecule has 0 spiro atoms. The number of benzene rings is 2. The summed E-state index contributed by atoms with van der Waals surface area (Å²) in [6.45, 7) is 0.381. The quantitative estimate of drug-likeness (QED) is 0.667. The SMILES string of the molecule is COc1cc(NC(=O)C2CCN(S(=O)(=O)Cc3ccccc3F)CC2)c(OC)cc1Cl. The second-order valence-electron chi connectivity index (χ2n) is 7.20. The molecule has 0 saturated carbocycles. The number of carbonyl (C=O) groups is 1. The molecule has 1 saturated heterocycles. The first kappa shape index (κ1) is 23.3. The van der Waals surface area contributed by atoms with E-state index >= 15 is 0 Å². The van der Waals surface area contributed by atoms with E-state index in [1.54, 1.807) is 18.2 Å². The molecule has 0 atom stereocenters. The Morgan fingerprint density at radius 3 is 2.42 bits per heavy atom. The van der Waals surface area contributed by atoms with Crippen molar-refractivity contribution >= 4 is 33.2 Å². The van der Waals surface area contributed by atoms with Crippen LogP contribution in [0, 0.1) is 11.7 Å². The number of sulfonamides is 1. The van der Waals surface area contributed by atoms with E-state index in [-0.39, 0.29) is 30.5 Å². The molecule has 2 aromatic carbocycles. The third-order valence-corrected chi connectivity index (χ3v) is 7.37. The van der Waals surface area contributed by atoms with Crippen molar-refractivity contribution in [1.29, 1.82) is 0 Å². The van der Waals surface area contributed by atoms with Gasteiger partial charge in [-0.1, -0.05) is 29.8 Å². The molecule has 0 bridgehead atoms. The van der Waals surface area contributed by atoms with Gasteiger partial charge in [-0.05, 0) is 18.9 Å². The predicted octanol–water partition coefficient (Wildman–Crippen LogP) is 3.68. The molecule has 1 heterocycles. The summed E-state index contributed by atoms with van der Waals surface area (Å²) in [5.74, 6) is -0.776. The lowest BCUT2D eigenvalue weighted by atomic mass is 9.97. The van der Waals surface area contributed by atoms with Crippen LogP contribution in [0.2, 0.25) is 5.02 Å². The van der Waals surface area contributed by atoms with E-state index in [4.69, 9.17) is 21.1 Å². The highest BCUT2D eigenvalue weighted by Gasteiger charge is 2.32. The van der Waals surface area contributed by atoms with Gasteiger partial charge in [0.1, 0.15) is 17.3 Å². The first-order valence-corrected chi connectivity index (χ1v) is 11.7. The molecule has 10 heteroatoms. The van der Waals surface area contributed by atoms with E-state index in [0.29, 0.717) is 35.1 Å². The number of halogens is 2. The van der Waals surface area contributed by atoms with Crippen molar-refractivity contribution in [3.8, 4) is 11.5 Å². The Kier molecular flexibility index (Phi) is 7.40. The van der Waals surface area contributed by atoms with Gasteiger partial charge in [-0.2, -0.15) is 0 Å². The Morgan fingerprint density at radius 2 is 1.81 bits per heavy atom. The van der Waals surface area contributed by atoms with Gasteiger partial charge in [-0.15, -0.1) is 0 Å². The topological polar surface area (TPSA) is 84.9 Å². The Labute approximate surface area is 186 Å². The highest BCUT2D eigenvalue weighted by atomic mass is 35.5. The number of piperidine rings is 1. The average molecular weight is 471 g/mol. The van der Waals surface area contributed by atoms with Gasteiger partial charge in [-0.25, -0.2) is 17.1 Å². The highest BCUT2D eigenvalue weighted by Crippen LogP contribution is 2.36. The summed E-state index contributed by atoms with van der Waals surface area (Å²) in [5, 5.41) is 3.17. The minimum absolute atomic E-state index is 0.131. The third kappa shape index (κ3) is 5.47. The van der Waals surface area contributed by atoms with Crippen LogP contribution in [-0.2, 0) is 20.6 Å². The van der Waals surface area contributed by atoms with Crippen molar-refractivity contribution < 1.29 is 27.1 Å². The third-order valence-electron chi connectivity index (χ3n) is 5.25. The number of nitrogens with zero attached hydrogens (tertiary/aromatic N) is 1. The van der Waals surface area contributed by atoms with E-state index in [9.17, 15) is 17.6 Å². The molecule has 1 amide bonds. The number of anilines is 1. The van der Waals surface area contributed by atoms with Gasteiger partial charge >= 0.3 is 0 Å². The molecule has 0 aromatic heterocycles. The lowest BCUT2D eigenvalue weighted by molar-refractivity contribution is -0.120. The van der Waals surface area contributed by atoms with Crippen LogP contribution in [0.1, 0.15) is 18.4 Å². The van der Waals surface area contributed by atoms with E-state index in [2.05, 4.69) is 5.32 Å². The lowest BCUT2D eigenvalue weighted by Crippen LogP contribution is -2.42. The fraction of sp³-hybridized carbons (Fsp3) is 0.381. The summed E-state index contributed by atoms with van der Waals surface area (Å²) in [6, 6.07) is 8.94. The molecule has 0 radical (unpaired) electrons. The summed E-state index contributed by atoms with van der Waals surface area (Å²) in [5.41, 5.74) is 0.550. The molecule has 1 N–H and O–H groups in total. The van der Waals surface area contributed by atoms with Crippen LogP contribution in [-0.4, -0.2) is 45.9 Å². The zero-order chi connectivity index (χ0) is 22.6. The number of ether oxygens (including phenoxy) is 2. The van der Waals surface area contributed by atoms with Crippen molar-refractivity contribution in [3.05, 3.63) is 52.8 Å². The summed E-state index contributed by atoms with van der Waals surface area (Å²) in [7, 11) is -0.747. The van der Waals surface area contributed by atoms with E-state index in [0.717, 1.165) is 0 Å². The second-order valence-corrected chi connectivity index (χ2v) is 9.57. The van der Waals surface area contributed by atoms with Crippen LogP contribution < -0.4 is 14.8 Å². The van der Waals surface area contributed by atoms with Crippen molar-refractivity contribution in [2.24, 2.45) is 5.92 Å². The molecular weight excluding hydrogens is 447 g/mol. The van der Waals surface area contributed by atoms with E-state index < -0.39 is 21.6 Å². The number of nitrogens with one attached hydrogen (secondary N) is 1. The van der Waals surface area contributed by atoms with Gasteiger partial charge in [0.2, 0.25) is 15.9 Å². The van der Waals surface area contributed by atoms with Crippen LogP contribution in [0.25, 0.3) is 0 Å². The highest BCUT2D eigenvalue weighted by molar-refractivity contribution is 7.88. The van der Waals surface area contributed by atoms with Gasteiger partial charge in [0.05, 0.1) is 30.7 Å². The number of carbonyl (C=O) groups excluding carboxylic acids is 1. The zero-order valence-electron chi connectivity index (χ0n) is 17.2. The normalized spacial score (nSPS) is 15.5. The van der Waals surface area contributed by atoms with Crippen molar-refractivity contribution in [2.75, 3.05) is 32.6 Å². The molecular formula is C21H24ClFN2O5S. The molecule has 7 nitrogen and oxygen atoms in total. The van der Waals surface area contributed by atoms with Gasteiger partial charge in [-0.3, -0.25) is 4.79 Å². The largest absolute Gasteiger partial charge is 0.495 e. The van der Waals surface area contributed by atoms with Crippen LogP contribution in [0.4, 0.5) is 10.1 Å². The van der Waals surface area contributed by atoms with Crippen molar-refractivity contribution in [1.82, 2.24) is 4.31 Å². The van der Waals surface area contributed by atoms with Crippen LogP contribution >= 0.6 is 11.6 Å². The second kappa shape index (κ2) is 9.84. The summed E-state index contributed by atoms with van der Waals surface area (Å²) < 4.78 is 51.0. The maximum Gasteiger partial charge on any atom is 0.227 e. The van der Waals surface area contributed by atoms with Crippen LogP contribution in [0.3, 0.4) is 0 Å². The number of methoxy groups -OCH3 is 2. The monoisotopic (exact) mass is 470 g/mol. The number of hydrogen-bond acceptors (Lipinski definition) is 5. The maximum atomic E-state index is 13.8. The standard InChI is InChI=1S/C21H24ClFN2O5S/c1-29-19-12-18(20(30-2)11-16(19)22)24-21(26)14-7-9-25(10-8-14)31(27,28)13-15-5-3-4-6-17(15)23/h3-6,11-12,14H,7-10,13H2,1-2H3,(H,24,26). The molecule has 0 unspecified atom stereocenters. The van der Waals surface area contributed by atoms with Gasteiger partial charge in [0.15, 0.2) is 0 Å². The van der Waals surface area contributed by atoms with E-state index in [1.165, 1.54) is 36.7 Å². The molecule has 0 aliphatic carbocycles. The number of rotatable bonds is 7. The molecule has 1 fully saturated rings. The summed E-state index contributed by atoms with van der Waals surface area (Å²) in [6.07, 6.45) is 0.713. The number of hydrogen-bond donors (Lipinski definition) is 1. The first-order valence-electron chi connectivity index (χ1n) is 9.68. The Bertz CT molecular complexity index is 1060. The van der Waals surface area contributed by atoms with Crippen LogP contribution in [0.15, 0.2) is 36.4 Å². The Hall–Kier alpha value is -2.36. The van der Waals surface area contributed by atoms with E-state index in [1.807, 2.05) is 0 Å². The average Bonchev–Trinajstić information content (AvgIpc) is 2.76. The minimum Gasteiger partial charge on any atom is -0.495 e. The predicted molar refractivity (Wildman–Crippen MR) is 117 cm³/mol. The Balaban J connectivity index is 1.63.